The van der Waals surface area contributed by atoms with Crippen molar-refractivity contribution in [2.24, 2.45) is 0 Å². The predicted molar refractivity (Wildman–Crippen MR) is 138 cm³/mol. The summed E-state index contributed by atoms with van der Waals surface area (Å²) in [4.78, 5) is 0. The Labute approximate surface area is 192 Å². The summed E-state index contributed by atoms with van der Waals surface area (Å²) in [6.45, 7) is 0. The van der Waals surface area contributed by atoms with Crippen molar-refractivity contribution in [3.63, 3.8) is 0 Å². The fourth-order valence-electron chi connectivity index (χ4n) is 4.25. The lowest BCUT2D eigenvalue weighted by Crippen LogP contribution is -2.22. The number of fused-ring (bicyclic) bond motifs is 1. The minimum Gasteiger partial charge on any atom is -0.372 e. The van der Waals surface area contributed by atoms with Crippen LogP contribution in [0.15, 0.2) is 127 Å². The second-order valence-electron chi connectivity index (χ2n) is 7.59. The molecule has 1 unspecified atom stereocenters. The van der Waals surface area contributed by atoms with Gasteiger partial charge in [0.05, 0.1) is 1.37 Å². The first-order valence-electron chi connectivity index (χ1n) is 11.3. The van der Waals surface area contributed by atoms with Gasteiger partial charge in [0.15, 0.2) is 0 Å². The van der Waals surface area contributed by atoms with Crippen molar-refractivity contribution < 1.29 is 6.11 Å². The van der Waals surface area contributed by atoms with Crippen LogP contribution in [0.25, 0.3) is 10.8 Å². The highest BCUT2D eigenvalue weighted by Gasteiger charge is 2.23. The van der Waals surface area contributed by atoms with E-state index in [2.05, 4.69) is 84.9 Å². The Morgan fingerprint density at radius 3 is 1.72 bits per heavy atom. The molecule has 0 bridgehead atoms. The third-order valence-corrected chi connectivity index (χ3v) is 8.12. The van der Waals surface area contributed by atoms with Gasteiger partial charge in [-0.05, 0) is 45.7 Å². The molecule has 5 aromatic rings. The largest absolute Gasteiger partial charge is 0.372 e. The van der Waals surface area contributed by atoms with Gasteiger partial charge in [0.25, 0.3) is 0 Å². The van der Waals surface area contributed by atoms with Crippen molar-refractivity contribution in [1.29, 1.82) is 0 Å². The highest BCUT2D eigenvalue weighted by molar-refractivity contribution is 7.80. The number of methoxy groups -OCH3 is 1. The van der Waals surface area contributed by atoms with E-state index in [0.717, 1.165) is 21.9 Å². The lowest BCUT2D eigenvalue weighted by atomic mass is 9.95. The van der Waals surface area contributed by atoms with Crippen LogP contribution < -0.4 is 15.9 Å². The van der Waals surface area contributed by atoms with Crippen molar-refractivity contribution in [1.82, 2.24) is 0 Å². The molecule has 0 aliphatic rings. The quantitative estimate of drug-likeness (QED) is 0.284. The van der Waals surface area contributed by atoms with Gasteiger partial charge in [-0.25, -0.2) is 0 Å². The third kappa shape index (κ3) is 3.98. The van der Waals surface area contributed by atoms with E-state index in [-0.39, 0.29) is 0 Å². The summed E-state index contributed by atoms with van der Waals surface area (Å²) in [5.41, 5.74) is 1.68. The molecule has 32 heavy (non-hydrogen) atoms. The van der Waals surface area contributed by atoms with Crippen LogP contribution in [-0.4, -0.2) is 7.11 Å². The minimum absolute atomic E-state index is 0.818. The summed E-state index contributed by atoms with van der Waals surface area (Å²) in [6, 6.07) is 43.9. The molecule has 5 rings (SSSR count). The lowest BCUT2D eigenvalue weighted by molar-refractivity contribution is 0.137. The molecule has 156 valence electrons. The zero-order valence-electron chi connectivity index (χ0n) is 19.0. The fraction of sp³-hybridized carbons (Fsp3) is 0.0667. The summed E-state index contributed by atoms with van der Waals surface area (Å²) in [5, 5.41) is 6.02. The van der Waals surface area contributed by atoms with Crippen LogP contribution in [0.2, 0.25) is 0 Å². The van der Waals surface area contributed by atoms with Crippen molar-refractivity contribution in [2.75, 3.05) is 7.11 Å². The van der Waals surface area contributed by atoms with Gasteiger partial charge in [0.1, 0.15) is 6.08 Å². The van der Waals surface area contributed by atoms with Gasteiger partial charge >= 0.3 is 0 Å². The van der Waals surface area contributed by atoms with Gasteiger partial charge in [-0.2, -0.15) is 0 Å². The summed E-state index contributed by atoms with van der Waals surface area (Å²) in [6.07, 6.45) is -1.31. The molecule has 0 aliphatic carbocycles. The Bertz CT molecular complexity index is 1310. The zero-order chi connectivity index (χ0) is 22.7. The Morgan fingerprint density at radius 1 is 0.625 bits per heavy atom. The van der Waals surface area contributed by atoms with Crippen molar-refractivity contribution in [3.05, 3.63) is 139 Å². The average molecular weight is 434 g/mol. The molecular formula is C30H25OP. The van der Waals surface area contributed by atoms with Crippen LogP contribution in [0, 0.1) is 0 Å². The molecular weight excluding hydrogens is 407 g/mol. The molecule has 0 N–H and O–H groups in total. The van der Waals surface area contributed by atoms with E-state index >= 15 is 0 Å². The van der Waals surface area contributed by atoms with E-state index in [9.17, 15) is 1.37 Å². The number of hydrogen-bond donors (Lipinski definition) is 0. The number of rotatable bonds is 6. The second kappa shape index (κ2) is 9.49. The monoisotopic (exact) mass is 433 g/mol. The maximum absolute atomic E-state index is 9.47. The normalized spacial score (nSPS) is 13.6. The Hall–Kier alpha value is -3.25. The first-order chi connectivity index (χ1) is 16.2. The fourth-order valence-corrected chi connectivity index (χ4v) is 6.75. The molecule has 1 nitrogen and oxygen atoms in total. The SMILES string of the molecule is [2H]C(OC)(c1ccccc1)c1cccc2cccc(P(c3ccccc3)c3ccccc3)c12. The third-order valence-electron chi connectivity index (χ3n) is 5.64. The summed E-state index contributed by atoms with van der Waals surface area (Å²) < 4.78 is 15.4. The number of hydrogen-bond acceptors (Lipinski definition) is 1. The second-order valence-corrected chi connectivity index (χ2v) is 9.77. The smallest absolute Gasteiger partial charge is 0.108 e. The standard InChI is InChI=1S/C30H25OP/c1-31-30(24-13-5-2-6-14-24)27-21-11-15-23-16-12-22-28(29(23)27)32(25-17-7-3-8-18-25)26-19-9-4-10-20-26/h2-22,30H,1H3/i30D. The predicted octanol–water partition coefficient (Wildman–Crippen LogP) is 6.33. The average Bonchev–Trinajstić information content (AvgIpc) is 2.90. The molecule has 0 aliphatic heterocycles. The molecule has 1 atom stereocenters. The van der Waals surface area contributed by atoms with Gasteiger partial charge in [-0.15, -0.1) is 0 Å². The molecule has 0 amide bonds. The van der Waals surface area contributed by atoms with Crippen LogP contribution in [0.5, 0.6) is 0 Å². The number of ether oxygens (including phenoxy) is 1. The molecule has 0 aromatic heterocycles. The van der Waals surface area contributed by atoms with E-state index in [0.29, 0.717) is 0 Å². The molecule has 5 aromatic carbocycles. The molecule has 0 saturated heterocycles. The highest BCUT2D eigenvalue weighted by atomic mass is 31.1. The van der Waals surface area contributed by atoms with Gasteiger partial charge in [0, 0.05) is 7.11 Å². The lowest BCUT2D eigenvalue weighted by Gasteiger charge is -2.25. The first kappa shape index (κ1) is 19.4. The van der Waals surface area contributed by atoms with Crippen molar-refractivity contribution in [2.45, 2.75) is 6.08 Å². The highest BCUT2D eigenvalue weighted by Crippen LogP contribution is 2.39. The van der Waals surface area contributed by atoms with E-state index in [1.54, 1.807) is 7.11 Å². The maximum Gasteiger partial charge on any atom is 0.108 e. The summed E-state index contributed by atoms with van der Waals surface area (Å²) in [7, 11) is 0.802. The topological polar surface area (TPSA) is 9.23 Å². The zero-order valence-corrected chi connectivity index (χ0v) is 18.9. The summed E-state index contributed by atoms with van der Waals surface area (Å²) >= 11 is 0. The molecule has 0 fully saturated rings. The van der Waals surface area contributed by atoms with E-state index < -0.39 is 14.0 Å². The van der Waals surface area contributed by atoms with Gasteiger partial charge in [-0.1, -0.05) is 127 Å². The van der Waals surface area contributed by atoms with Crippen LogP contribution >= 0.6 is 7.92 Å². The van der Waals surface area contributed by atoms with E-state index in [1.165, 1.54) is 15.9 Å². The van der Waals surface area contributed by atoms with Crippen LogP contribution in [0.1, 0.15) is 18.6 Å². The van der Waals surface area contributed by atoms with E-state index in [1.807, 2.05) is 42.5 Å². The van der Waals surface area contributed by atoms with Gasteiger partial charge < -0.3 is 4.74 Å². The Morgan fingerprint density at radius 2 is 1.16 bits per heavy atom. The van der Waals surface area contributed by atoms with Gasteiger partial charge in [0.2, 0.25) is 0 Å². The maximum atomic E-state index is 9.47. The van der Waals surface area contributed by atoms with Crippen LogP contribution in [0.3, 0.4) is 0 Å². The Kier molecular flexibility index (Phi) is 5.76. The number of benzene rings is 5. The molecule has 0 radical (unpaired) electrons. The Balaban J connectivity index is 1.83. The molecule has 2 heteroatoms. The minimum atomic E-state index is -1.31. The molecule has 0 saturated carbocycles. The summed E-state index contributed by atoms with van der Waals surface area (Å²) in [5.74, 6) is 0. The van der Waals surface area contributed by atoms with Crippen molar-refractivity contribution in [3.8, 4) is 0 Å². The molecule has 0 heterocycles. The molecule has 0 spiro atoms. The van der Waals surface area contributed by atoms with Gasteiger partial charge in [-0.3, -0.25) is 0 Å². The van der Waals surface area contributed by atoms with Crippen LogP contribution in [-0.2, 0) is 4.74 Å². The van der Waals surface area contributed by atoms with Crippen LogP contribution in [0.4, 0.5) is 0 Å². The van der Waals surface area contributed by atoms with E-state index in [4.69, 9.17) is 4.74 Å². The first-order valence-corrected chi connectivity index (χ1v) is 12.1. The van der Waals surface area contributed by atoms with Crippen molar-refractivity contribution >= 4 is 34.6 Å².